The third-order valence-corrected chi connectivity index (χ3v) is 5.25. The number of aryl methyl sites for hydroxylation is 1. The third-order valence-electron chi connectivity index (χ3n) is 3.20. The molecule has 16 heavy (non-hydrogen) atoms. The molecule has 0 radical (unpaired) electrons. The lowest BCUT2D eigenvalue weighted by atomic mass is 9.97. The molecular formula is C12H18BrNOS. The van der Waals surface area contributed by atoms with Gasteiger partial charge < -0.3 is 10.1 Å². The first-order chi connectivity index (χ1) is 7.63. The number of hydrogen-bond acceptors (Lipinski definition) is 3. The van der Waals surface area contributed by atoms with E-state index in [1.165, 1.54) is 20.6 Å². The molecule has 0 spiro atoms. The van der Waals surface area contributed by atoms with Crippen LogP contribution in [0, 0.1) is 12.8 Å². The Kier molecular flexibility index (Phi) is 4.06. The van der Waals surface area contributed by atoms with Gasteiger partial charge in [-0.2, -0.15) is 0 Å². The Bertz CT molecular complexity index is 366. The first-order valence-electron chi connectivity index (χ1n) is 5.68. The minimum absolute atomic E-state index is 0.305. The van der Waals surface area contributed by atoms with E-state index in [0.29, 0.717) is 18.1 Å². The van der Waals surface area contributed by atoms with Crippen molar-refractivity contribution in [2.24, 2.45) is 5.92 Å². The SMILES string of the molecule is CNC(c1sc(C)cc1Br)C1OCCC1C. The van der Waals surface area contributed by atoms with Crippen LogP contribution in [0.25, 0.3) is 0 Å². The number of rotatable bonds is 3. The zero-order valence-electron chi connectivity index (χ0n) is 9.92. The average molecular weight is 304 g/mol. The predicted octanol–water partition coefficient (Wildman–Crippen LogP) is 3.50. The summed E-state index contributed by atoms with van der Waals surface area (Å²) in [5.74, 6) is 0.631. The van der Waals surface area contributed by atoms with Crippen molar-refractivity contribution in [3.8, 4) is 0 Å². The van der Waals surface area contributed by atoms with Crippen molar-refractivity contribution >= 4 is 27.3 Å². The zero-order valence-corrected chi connectivity index (χ0v) is 12.3. The summed E-state index contributed by atoms with van der Waals surface area (Å²) in [6.45, 7) is 5.31. The summed E-state index contributed by atoms with van der Waals surface area (Å²) in [7, 11) is 2.01. The third kappa shape index (κ3) is 2.35. The van der Waals surface area contributed by atoms with E-state index < -0.39 is 0 Å². The van der Waals surface area contributed by atoms with Crippen LogP contribution in [0.4, 0.5) is 0 Å². The van der Waals surface area contributed by atoms with Crippen molar-refractivity contribution in [1.82, 2.24) is 5.32 Å². The highest BCUT2D eigenvalue weighted by molar-refractivity contribution is 9.10. The summed E-state index contributed by atoms with van der Waals surface area (Å²) in [6, 6.07) is 2.50. The van der Waals surface area contributed by atoms with Gasteiger partial charge in [-0.3, -0.25) is 0 Å². The number of nitrogens with one attached hydrogen (secondary N) is 1. The Morgan fingerprint density at radius 1 is 1.62 bits per heavy atom. The molecule has 90 valence electrons. The quantitative estimate of drug-likeness (QED) is 0.923. The predicted molar refractivity (Wildman–Crippen MR) is 72.1 cm³/mol. The van der Waals surface area contributed by atoms with Crippen molar-refractivity contribution in [2.45, 2.75) is 32.4 Å². The van der Waals surface area contributed by atoms with Crippen LogP contribution in [-0.2, 0) is 4.74 Å². The molecule has 0 bridgehead atoms. The lowest BCUT2D eigenvalue weighted by molar-refractivity contribution is 0.0640. The fourth-order valence-electron chi connectivity index (χ4n) is 2.30. The van der Waals surface area contributed by atoms with Crippen molar-refractivity contribution < 1.29 is 4.74 Å². The average Bonchev–Trinajstić information content (AvgIpc) is 2.77. The summed E-state index contributed by atoms with van der Waals surface area (Å²) in [5, 5.41) is 3.40. The van der Waals surface area contributed by atoms with E-state index in [1.54, 1.807) is 0 Å². The smallest absolute Gasteiger partial charge is 0.0804 e. The molecule has 2 rings (SSSR count). The van der Waals surface area contributed by atoms with Crippen LogP contribution < -0.4 is 5.32 Å². The fraction of sp³-hybridized carbons (Fsp3) is 0.667. The topological polar surface area (TPSA) is 21.3 Å². The van der Waals surface area contributed by atoms with Crippen LogP contribution in [-0.4, -0.2) is 19.8 Å². The van der Waals surface area contributed by atoms with E-state index >= 15 is 0 Å². The van der Waals surface area contributed by atoms with E-state index in [9.17, 15) is 0 Å². The second kappa shape index (κ2) is 5.17. The number of halogens is 1. The molecule has 3 atom stereocenters. The Hall–Kier alpha value is 0.1000. The molecule has 0 amide bonds. The maximum absolute atomic E-state index is 5.86. The van der Waals surface area contributed by atoms with Gasteiger partial charge in [0.15, 0.2) is 0 Å². The number of thiophene rings is 1. The molecule has 2 nitrogen and oxygen atoms in total. The summed E-state index contributed by atoms with van der Waals surface area (Å²) < 4.78 is 7.07. The number of hydrogen-bond donors (Lipinski definition) is 1. The van der Waals surface area contributed by atoms with E-state index in [-0.39, 0.29) is 0 Å². The minimum Gasteiger partial charge on any atom is -0.376 e. The summed E-state index contributed by atoms with van der Waals surface area (Å²) >= 11 is 5.49. The summed E-state index contributed by atoms with van der Waals surface area (Å²) in [5.41, 5.74) is 0. The van der Waals surface area contributed by atoms with Gasteiger partial charge in [-0.25, -0.2) is 0 Å². The molecule has 1 fully saturated rings. The molecule has 1 N–H and O–H groups in total. The van der Waals surface area contributed by atoms with E-state index in [0.717, 1.165) is 6.61 Å². The van der Waals surface area contributed by atoms with E-state index in [2.05, 4.69) is 41.2 Å². The van der Waals surface area contributed by atoms with Crippen LogP contribution in [0.15, 0.2) is 10.5 Å². The monoisotopic (exact) mass is 303 g/mol. The molecule has 3 unspecified atom stereocenters. The molecule has 2 heterocycles. The molecule has 0 aliphatic carbocycles. The lowest BCUT2D eigenvalue weighted by Crippen LogP contribution is -2.32. The van der Waals surface area contributed by atoms with E-state index in [4.69, 9.17) is 4.74 Å². The highest BCUT2D eigenvalue weighted by atomic mass is 79.9. The van der Waals surface area contributed by atoms with Gasteiger partial charge in [-0.15, -0.1) is 11.3 Å². The van der Waals surface area contributed by atoms with Gasteiger partial charge >= 0.3 is 0 Å². The maximum Gasteiger partial charge on any atom is 0.0804 e. The number of ether oxygens (including phenoxy) is 1. The molecule has 1 aromatic heterocycles. The molecule has 1 aliphatic rings. The number of likely N-dealkylation sites (N-methyl/N-ethyl adjacent to an activating group) is 1. The largest absolute Gasteiger partial charge is 0.376 e. The summed E-state index contributed by atoms with van der Waals surface area (Å²) in [6.07, 6.45) is 1.48. The highest BCUT2D eigenvalue weighted by Gasteiger charge is 2.33. The van der Waals surface area contributed by atoms with E-state index in [1.807, 2.05) is 18.4 Å². The Balaban J connectivity index is 2.25. The van der Waals surface area contributed by atoms with Gasteiger partial charge in [0.05, 0.1) is 12.1 Å². The summed E-state index contributed by atoms with van der Waals surface area (Å²) in [4.78, 5) is 2.70. The van der Waals surface area contributed by atoms with Crippen molar-refractivity contribution in [3.05, 3.63) is 20.3 Å². The van der Waals surface area contributed by atoms with Crippen molar-refractivity contribution in [2.75, 3.05) is 13.7 Å². The van der Waals surface area contributed by atoms with Crippen LogP contribution in [0.3, 0.4) is 0 Å². The van der Waals surface area contributed by atoms with Crippen molar-refractivity contribution in [1.29, 1.82) is 0 Å². The first kappa shape index (κ1) is 12.6. The van der Waals surface area contributed by atoms with Gasteiger partial charge in [0, 0.05) is 20.8 Å². The van der Waals surface area contributed by atoms with Gasteiger partial charge in [0.1, 0.15) is 0 Å². The Morgan fingerprint density at radius 2 is 2.38 bits per heavy atom. The molecule has 1 aromatic rings. The standard InChI is InChI=1S/C12H18BrNOS/c1-7-4-5-15-11(7)10(14-3)12-9(13)6-8(2)16-12/h6-7,10-11,14H,4-5H2,1-3H3. The molecular weight excluding hydrogens is 286 g/mol. The highest BCUT2D eigenvalue weighted by Crippen LogP contribution is 2.38. The van der Waals surface area contributed by atoms with Gasteiger partial charge in [-0.1, -0.05) is 6.92 Å². The van der Waals surface area contributed by atoms with Crippen molar-refractivity contribution in [3.63, 3.8) is 0 Å². The van der Waals surface area contributed by atoms with Crippen LogP contribution in [0.2, 0.25) is 0 Å². The van der Waals surface area contributed by atoms with Gasteiger partial charge in [-0.05, 0) is 48.3 Å². The second-order valence-corrected chi connectivity index (χ2v) is 6.58. The van der Waals surface area contributed by atoms with Crippen LogP contribution >= 0.6 is 27.3 Å². The van der Waals surface area contributed by atoms with Crippen LogP contribution in [0.5, 0.6) is 0 Å². The fourth-order valence-corrected chi connectivity index (χ4v) is 4.34. The molecule has 0 saturated carbocycles. The van der Waals surface area contributed by atoms with Crippen LogP contribution in [0.1, 0.15) is 29.1 Å². The molecule has 1 aliphatic heterocycles. The zero-order chi connectivity index (χ0) is 11.7. The molecule has 0 aromatic carbocycles. The first-order valence-corrected chi connectivity index (χ1v) is 7.29. The molecule has 1 saturated heterocycles. The lowest BCUT2D eigenvalue weighted by Gasteiger charge is -2.25. The Labute approximate surface area is 110 Å². The van der Waals surface area contributed by atoms with Gasteiger partial charge in [0.25, 0.3) is 0 Å². The second-order valence-electron chi connectivity index (χ2n) is 4.44. The minimum atomic E-state index is 0.305. The Morgan fingerprint density at radius 3 is 2.81 bits per heavy atom. The molecule has 4 heteroatoms. The normalized spacial score (nSPS) is 27.2. The van der Waals surface area contributed by atoms with Gasteiger partial charge in [0.2, 0.25) is 0 Å². The maximum atomic E-state index is 5.86.